The number of carbonyl (C=O) groups is 2. The van der Waals surface area contributed by atoms with Crippen molar-refractivity contribution in [1.29, 1.82) is 0 Å². The van der Waals surface area contributed by atoms with Crippen LogP contribution in [0, 0.1) is 0 Å². The second-order valence-electron chi connectivity index (χ2n) is 5.15. The molecule has 1 saturated carbocycles. The van der Waals surface area contributed by atoms with Crippen molar-refractivity contribution in [2.45, 2.75) is 38.1 Å². The summed E-state index contributed by atoms with van der Waals surface area (Å²) < 4.78 is 10.2. The Kier molecular flexibility index (Phi) is 8.77. The summed E-state index contributed by atoms with van der Waals surface area (Å²) in [4.78, 5) is 24.4. The maximum absolute atomic E-state index is 12.1. The molecule has 2 amide bonds. The minimum Gasteiger partial charge on any atom is -0.480 e. The molecule has 0 aromatic heterocycles. The molecule has 0 aliphatic heterocycles. The lowest BCUT2D eigenvalue weighted by atomic mass is 10.2. The van der Waals surface area contributed by atoms with Crippen molar-refractivity contribution in [3.8, 4) is 0 Å². The lowest BCUT2D eigenvalue weighted by Crippen LogP contribution is -2.47. The molecule has 0 aromatic rings. The van der Waals surface area contributed by atoms with E-state index in [1.807, 2.05) is 0 Å². The highest BCUT2D eigenvalue weighted by Gasteiger charge is 2.27. The van der Waals surface area contributed by atoms with E-state index in [-0.39, 0.29) is 18.6 Å². The smallest absolute Gasteiger partial charge is 0.323 e. The summed E-state index contributed by atoms with van der Waals surface area (Å²) in [5, 5.41) is 11.7. The Labute approximate surface area is 125 Å². The monoisotopic (exact) mass is 302 g/mol. The van der Waals surface area contributed by atoms with Gasteiger partial charge in [-0.1, -0.05) is 12.8 Å². The number of urea groups is 1. The first-order chi connectivity index (χ1) is 10.1. The van der Waals surface area contributed by atoms with Crippen molar-refractivity contribution in [3.05, 3.63) is 0 Å². The van der Waals surface area contributed by atoms with Gasteiger partial charge in [0.2, 0.25) is 0 Å². The van der Waals surface area contributed by atoms with Gasteiger partial charge in [-0.25, -0.2) is 4.79 Å². The molecule has 2 N–H and O–H groups in total. The Hall–Kier alpha value is -1.34. The second-order valence-corrected chi connectivity index (χ2v) is 5.15. The maximum atomic E-state index is 12.1. The third kappa shape index (κ3) is 7.29. The van der Waals surface area contributed by atoms with Gasteiger partial charge >= 0.3 is 12.0 Å². The fourth-order valence-corrected chi connectivity index (χ4v) is 2.44. The van der Waals surface area contributed by atoms with Crippen LogP contribution in [0.25, 0.3) is 0 Å². The van der Waals surface area contributed by atoms with Gasteiger partial charge in [-0.15, -0.1) is 0 Å². The Balaban J connectivity index is 2.23. The molecule has 7 nitrogen and oxygen atoms in total. The number of nitrogens with zero attached hydrogens (tertiary/aromatic N) is 1. The number of carboxylic acids is 1. The molecule has 0 saturated heterocycles. The van der Waals surface area contributed by atoms with Crippen LogP contribution in [0.1, 0.15) is 32.1 Å². The molecule has 7 heteroatoms. The zero-order valence-electron chi connectivity index (χ0n) is 12.7. The predicted molar refractivity (Wildman–Crippen MR) is 77.3 cm³/mol. The van der Waals surface area contributed by atoms with Crippen LogP contribution < -0.4 is 5.32 Å². The van der Waals surface area contributed by atoms with Crippen LogP contribution >= 0.6 is 0 Å². The molecule has 0 atom stereocenters. The molecule has 21 heavy (non-hydrogen) atoms. The summed E-state index contributed by atoms with van der Waals surface area (Å²) >= 11 is 0. The largest absolute Gasteiger partial charge is 0.480 e. The number of carboxylic acid groups (broad SMARTS) is 1. The fraction of sp³-hybridized carbons (Fsp3) is 0.857. The van der Waals surface area contributed by atoms with Gasteiger partial charge in [0.25, 0.3) is 0 Å². The molecule has 0 aromatic carbocycles. The van der Waals surface area contributed by atoms with E-state index in [1.54, 1.807) is 7.11 Å². The first-order valence-electron chi connectivity index (χ1n) is 7.48. The van der Waals surface area contributed by atoms with Crippen LogP contribution in [0.4, 0.5) is 4.79 Å². The number of aliphatic carboxylic acids is 1. The van der Waals surface area contributed by atoms with E-state index < -0.39 is 5.97 Å². The molecule has 0 bridgehead atoms. The van der Waals surface area contributed by atoms with Crippen molar-refractivity contribution in [3.63, 3.8) is 0 Å². The lowest BCUT2D eigenvalue weighted by molar-refractivity contribution is -0.138. The van der Waals surface area contributed by atoms with Crippen molar-refractivity contribution in [2.24, 2.45) is 0 Å². The third-order valence-corrected chi connectivity index (χ3v) is 3.51. The Morgan fingerprint density at radius 1 is 1.24 bits per heavy atom. The number of carbonyl (C=O) groups excluding carboxylic acids is 1. The Morgan fingerprint density at radius 2 is 1.95 bits per heavy atom. The molecule has 1 rings (SSSR count). The van der Waals surface area contributed by atoms with Crippen LogP contribution in [-0.2, 0) is 14.3 Å². The van der Waals surface area contributed by atoms with E-state index in [2.05, 4.69) is 5.32 Å². The predicted octanol–water partition coefficient (Wildman–Crippen LogP) is 1.08. The molecule has 1 aliphatic carbocycles. The van der Waals surface area contributed by atoms with Gasteiger partial charge < -0.3 is 24.8 Å². The summed E-state index contributed by atoms with van der Waals surface area (Å²) in [6.45, 7) is 1.89. The van der Waals surface area contributed by atoms with Crippen molar-refractivity contribution in [2.75, 3.05) is 40.0 Å². The number of nitrogens with one attached hydrogen (secondary N) is 1. The molecule has 0 spiro atoms. The second kappa shape index (κ2) is 10.4. The zero-order valence-corrected chi connectivity index (χ0v) is 12.7. The summed E-state index contributed by atoms with van der Waals surface area (Å²) in [6, 6.07) is -0.236. The van der Waals surface area contributed by atoms with E-state index in [4.69, 9.17) is 14.6 Å². The highest BCUT2D eigenvalue weighted by atomic mass is 16.5. The average Bonchev–Trinajstić information content (AvgIpc) is 2.97. The normalized spacial score (nSPS) is 15.1. The summed E-state index contributed by atoms with van der Waals surface area (Å²) in [5.41, 5.74) is 0. The van der Waals surface area contributed by atoms with Gasteiger partial charge in [-0.05, 0) is 19.3 Å². The highest BCUT2D eigenvalue weighted by molar-refractivity contribution is 5.80. The third-order valence-electron chi connectivity index (χ3n) is 3.51. The van der Waals surface area contributed by atoms with E-state index in [0.717, 1.165) is 25.7 Å². The number of rotatable bonds is 10. The molecule has 1 aliphatic rings. The van der Waals surface area contributed by atoms with Gasteiger partial charge in [0.15, 0.2) is 0 Å². The van der Waals surface area contributed by atoms with Crippen LogP contribution in [0.2, 0.25) is 0 Å². The molecule has 0 radical (unpaired) electrons. The summed E-state index contributed by atoms with van der Waals surface area (Å²) in [5.74, 6) is -0.972. The molecule has 0 unspecified atom stereocenters. The molecule has 122 valence electrons. The molecular formula is C14H26N2O5. The maximum Gasteiger partial charge on any atom is 0.323 e. The topological polar surface area (TPSA) is 88.1 Å². The molecule has 1 fully saturated rings. The van der Waals surface area contributed by atoms with Crippen LogP contribution in [-0.4, -0.2) is 68.1 Å². The minimum absolute atomic E-state index is 0.0547. The van der Waals surface area contributed by atoms with Crippen LogP contribution in [0.5, 0.6) is 0 Å². The van der Waals surface area contributed by atoms with Crippen LogP contribution in [0.15, 0.2) is 0 Å². The van der Waals surface area contributed by atoms with Gasteiger partial charge in [-0.2, -0.15) is 0 Å². The van der Waals surface area contributed by atoms with Gasteiger partial charge in [-0.3, -0.25) is 4.79 Å². The number of hydrogen-bond acceptors (Lipinski definition) is 4. The van der Waals surface area contributed by atoms with E-state index in [0.29, 0.717) is 32.8 Å². The highest BCUT2D eigenvalue weighted by Crippen LogP contribution is 2.23. The first kappa shape index (κ1) is 17.7. The van der Waals surface area contributed by atoms with Gasteiger partial charge in [0, 0.05) is 26.3 Å². The summed E-state index contributed by atoms with van der Waals surface area (Å²) in [6.07, 6.45) is 4.59. The number of hydrogen-bond donors (Lipinski definition) is 2. The van der Waals surface area contributed by atoms with E-state index in [1.165, 1.54) is 4.90 Å². The standard InChI is InChI=1S/C14H26N2O5/c1-20-9-10-21-8-4-7-15-14(19)16(11-13(17)18)12-5-2-3-6-12/h12H,2-11H2,1H3,(H,15,19)(H,17,18). The van der Waals surface area contributed by atoms with Crippen molar-refractivity contribution >= 4 is 12.0 Å². The number of methoxy groups -OCH3 is 1. The fourth-order valence-electron chi connectivity index (χ4n) is 2.44. The molecule has 0 heterocycles. The number of amides is 2. The lowest BCUT2D eigenvalue weighted by Gasteiger charge is -2.27. The zero-order chi connectivity index (χ0) is 15.5. The summed E-state index contributed by atoms with van der Waals surface area (Å²) in [7, 11) is 1.61. The van der Waals surface area contributed by atoms with Crippen LogP contribution in [0.3, 0.4) is 0 Å². The Bertz CT molecular complexity index is 318. The van der Waals surface area contributed by atoms with Gasteiger partial charge in [0.1, 0.15) is 6.54 Å². The first-order valence-corrected chi connectivity index (χ1v) is 7.48. The quantitative estimate of drug-likeness (QED) is 0.590. The number of ether oxygens (including phenoxy) is 2. The average molecular weight is 302 g/mol. The Morgan fingerprint density at radius 3 is 2.57 bits per heavy atom. The van der Waals surface area contributed by atoms with Gasteiger partial charge in [0.05, 0.1) is 13.2 Å². The van der Waals surface area contributed by atoms with Crippen molar-refractivity contribution < 1.29 is 24.2 Å². The van der Waals surface area contributed by atoms with Crippen molar-refractivity contribution in [1.82, 2.24) is 10.2 Å². The molecular weight excluding hydrogens is 276 g/mol. The minimum atomic E-state index is -0.972. The SMILES string of the molecule is COCCOCCCNC(=O)N(CC(=O)O)C1CCCC1. The van der Waals surface area contributed by atoms with E-state index in [9.17, 15) is 9.59 Å². The van der Waals surface area contributed by atoms with E-state index >= 15 is 0 Å².